The summed E-state index contributed by atoms with van der Waals surface area (Å²) in [7, 11) is 1.63. The van der Waals surface area contributed by atoms with Crippen LogP contribution in [0.1, 0.15) is 36.8 Å². The number of pyridine rings is 1. The van der Waals surface area contributed by atoms with Crippen LogP contribution < -0.4 is 21.1 Å². The number of ether oxygens (including phenoxy) is 1. The molecule has 1 aromatic heterocycles. The van der Waals surface area contributed by atoms with E-state index in [9.17, 15) is 4.79 Å². The van der Waals surface area contributed by atoms with Gasteiger partial charge in [-0.1, -0.05) is 12.1 Å². The maximum atomic E-state index is 12.8. The number of rotatable bonds is 10. The lowest BCUT2D eigenvalue weighted by Crippen LogP contribution is -2.53. The highest BCUT2D eigenvalue weighted by molar-refractivity contribution is 5.86. The van der Waals surface area contributed by atoms with Crippen LogP contribution in [-0.4, -0.2) is 37.6 Å². The highest BCUT2D eigenvalue weighted by Crippen LogP contribution is 2.30. The van der Waals surface area contributed by atoms with Crippen molar-refractivity contribution in [3.63, 3.8) is 0 Å². The summed E-state index contributed by atoms with van der Waals surface area (Å²) in [5.74, 6) is 1.04. The van der Waals surface area contributed by atoms with Gasteiger partial charge in [-0.2, -0.15) is 0 Å². The predicted molar refractivity (Wildman–Crippen MR) is 115 cm³/mol. The fraction of sp³-hybridized carbons (Fsp3) is 0.478. The van der Waals surface area contributed by atoms with Crippen molar-refractivity contribution < 1.29 is 9.53 Å². The van der Waals surface area contributed by atoms with Crippen LogP contribution in [0.4, 0.5) is 0 Å². The molecule has 1 aliphatic rings. The van der Waals surface area contributed by atoms with Crippen LogP contribution in [0.3, 0.4) is 0 Å². The van der Waals surface area contributed by atoms with Crippen molar-refractivity contribution in [1.82, 2.24) is 15.6 Å². The number of hydrogen-bond acceptors (Lipinski definition) is 5. The van der Waals surface area contributed by atoms with Crippen molar-refractivity contribution in [2.75, 3.05) is 26.7 Å². The van der Waals surface area contributed by atoms with Gasteiger partial charge in [0.1, 0.15) is 11.3 Å². The Hall–Kier alpha value is -2.44. The second-order valence-electron chi connectivity index (χ2n) is 7.77. The van der Waals surface area contributed by atoms with E-state index in [0.29, 0.717) is 12.3 Å². The Morgan fingerprint density at radius 1 is 1.28 bits per heavy atom. The van der Waals surface area contributed by atoms with Crippen molar-refractivity contribution >= 4 is 5.91 Å². The molecule has 1 amide bonds. The molecule has 29 heavy (non-hydrogen) atoms. The van der Waals surface area contributed by atoms with Crippen molar-refractivity contribution in [1.29, 1.82) is 0 Å². The molecule has 2 heterocycles. The molecule has 2 aromatic rings. The predicted octanol–water partition coefficient (Wildman–Crippen LogP) is 2.38. The lowest BCUT2D eigenvalue weighted by molar-refractivity contribution is -0.125. The smallest absolute Gasteiger partial charge is 0.242 e. The van der Waals surface area contributed by atoms with Crippen molar-refractivity contribution in [3.8, 4) is 5.75 Å². The second-order valence-corrected chi connectivity index (χ2v) is 7.77. The monoisotopic (exact) mass is 396 g/mol. The number of carbonyl (C=O) groups excluding carboxylic acids is 1. The largest absolute Gasteiger partial charge is 0.497 e. The molecule has 1 unspecified atom stereocenters. The quantitative estimate of drug-likeness (QED) is 0.574. The number of piperidine rings is 1. The van der Waals surface area contributed by atoms with Gasteiger partial charge < -0.3 is 15.8 Å². The van der Waals surface area contributed by atoms with Gasteiger partial charge in [-0.05, 0) is 93.0 Å². The molecule has 6 heteroatoms. The minimum atomic E-state index is -0.940. The zero-order chi connectivity index (χ0) is 20.5. The molecule has 3 rings (SSSR count). The molecule has 0 radical (unpaired) electrons. The number of aryl methyl sites for hydroxylation is 1. The van der Waals surface area contributed by atoms with Crippen LogP contribution >= 0.6 is 0 Å². The first-order valence-corrected chi connectivity index (χ1v) is 10.4. The van der Waals surface area contributed by atoms with Gasteiger partial charge in [-0.3, -0.25) is 15.1 Å². The van der Waals surface area contributed by atoms with Crippen molar-refractivity contribution in [2.45, 2.75) is 37.6 Å². The molecular formula is C23H32N4O2. The first kappa shape index (κ1) is 21.3. The van der Waals surface area contributed by atoms with Crippen LogP contribution in [0.25, 0.3) is 0 Å². The first-order chi connectivity index (χ1) is 14.1. The summed E-state index contributed by atoms with van der Waals surface area (Å²) in [6, 6.07) is 11.6. The average molecular weight is 397 g/mol. The van der Waals surface area contributed by atoms with Gasteiger partial charge in [0.25, 0.3) is 0 Å². The number of nitrogens with zero attached hydrogens (tertiary/aromatic N) is 1. The first-order valence-electron chi connectivity index (χ1n) is 10.4. The van der Waals surface area contributed by atoms with E-state index in [1.54, 1.807) is 19.5 Å². The third-order valence-electron chi connectivity index (χ3n) is 5.96. The Labute approximate surface area is 173 Å². The molecule has 0 saturated carbocycles. The van der Waals surface area contributed by atoms with Gasteiger partial charge in [0.15, 0.2) is 0 Å². The SMILES string of the molecule is COc1cccc(C(CCc2ccncc2)(NCCC2CCNCC2)C(N)=O)c1. The maximum absolute atomic E-state index is 12.8. The van der Waals surface area contributed by atoms with E-state index in [-0.39, 0.29) is 5.91 Å². The maximum Gasteiger partial charge on any atom is 0.242 e. The van der Waals surface area contributed by atoms with Gasteiger partial charge in [0, 0.05) is 12.4 Å². The summed E-state index contributed by atoms with van der Waals surface area (Å²) >= 11 is 0. The minimum absolute atomic E-state index is 0.356. The van der Waals surface area contributed by atoms with Crippen LogP contribution in [0.2, 0.25) is 0 Å². The number of hydrogen-bond donors (Lipinski definition) is 3. The Morgan fingerprint density at radius 3 is 2.72 bits per heavy atom. The molecule has 0 aliphatic carbocycles. The molecule has 6 nitrogen and oxygen atoms in total. The van der Waals surface area contributed by atoms with Crippen LogP contribution in [0, 0.1) is 5.92 Å². The number of primary amides is 1. The van der Waals surface area contributed by atoms with E-state index < -0.39 is 5.54 Å². The van der Waals surface area contributed by atoms with E-state index in [2.05, 4.69) is 15.6 Å². The van der Waals surface area contributed by atoms with E-state index in [1.165, 1.54) is 12.8 Å². The zero-order valence-electron chi connectivity index (χ0n) is 17.2. The van der Waals surface area contributed by atoms with Crippen molar-refractivity contribution in [3.05, 3.63) is 59.9 Å². The minimum Gasteiger partial charge on any atom is -0.497 e. The summed E-state index contributed by atoms with van der Waals surface area (Å²) in [4.78, 5) is 16.9. The fourth-order valence-corrected chi connectivity index (χ4v) is 4.12. The number of nitrogens with one attached hydrogen (secondary N) is 2. The Kier molecular flexibility index (Phi) is 7.61. The zero-order valence-corrected chi connectivity index (χ0v) is 17.2. The van der Waals surface area contributed by atoms with Gasteiger partial charge in [0.05, 0.1) is 7.11 Å². The fourth-order valence-electron chi connectivity index (χ4n) is 4.12. The lowest BCUT2D eigenvalue weighted by Gasteiger charge is -2.34. The lowest BCUT2D eigenvalue weighted by atomic mass is 9.82. The number of carbonyl (C=O) groups is 1. The topological polar surface area (TPSA) is 89.3 Å². The number of benzene rings is 1. The van der Waals surface area contributed by atoms with Crippen LogP contribution in [-0.2, 0) is 16.8 Å². The molecule has 1 saturated heterocycles. The molecule has 1 aromatic carbocycles. The molecule has 0 bridgehead atoms. The molecule has 1 aliphatic heterocycles. The summed E-state index contributed by atoms with van der Waals surface area (Å²) < 4.78 is 5.40. The van der Waals surface area contributed by atoms with Gasteiger partial charge in [-0.15, -0.1) is 0 Å². The average Bonchev–Trinajstić information content (AvgIpc) is 2.77. The number of nitrogens with two attached hydrogens (primary N) is 1. The highest BCUT2D eigenvalue weighted by Gasteiger charge is 2.38. The van der Waals surface area contributed by atoms with Gasteiger partial charge in [-0.25, -0.2) is 0 Å². The van der Waals surface area contributed by atoms with E-state index in [0.717, 1.165) is 49.4 Å². The Balaban J connectivity index is 1.81. The number of aromatic nitrogens is 1. The number of amides is 1. The van der Waals surface area contributed by atoms with Gasteiger partial charge >= 0.3 is 0 Å². The van der Waals surface area contributed by atoms with Crippen molar-refractivity contribution in [2.24, 2.45) is 11.7 Å². The third kappa shape index (κ3) is 5.55. The highest BCUT2D eigenvalue weighted by atomic mass is 16.5. The third-order valence-corrected chi connectivity index (χ3v) is 5.96. The standard InChI is InChI=1S/C23H32N4O2/c1-29-21-4-2-3-20(17-21)23(22(24)28,11-5-18-6-12-25-13-7-18)27-16-10-19-8-14-26-15-9-19/h2-4,6-7,12-13,17,19,26-27H,5,8-11,14-16H2,1H3,(H2,24,28). The van der Waals surface area contributed by atoms with Crippen LogP contribution in [0.5, 0.6) is 5.75 Å². The molecule has 1 atom stereocenters. The molecule has 4 N–H and O–H groups in total. The molecule has 0 spiro atoms. The second kappa shape index (κ2) is 10.4. The summed E-state index contributed by atoms with van der Waals surface area (Å²) in [5, 5.41) is 6.95. The molecular weight excluding hydrogens is 364 g/mol. The molecule has 1 fully saturated rings. The van der Waals surface area contributed by atoms with Gasteiger partial charge in [0.2, 0.25) is 5.91 Å². The Morgan fingerprint density at radius 2 is 2.03 bits per heavy atom. The molecule has 156 valence electrons. The van der Waals surface area contributed by atoms with E-state index in [4.69, 9.17) is 10.5 Å². The normalized spacial score (nSPS) is 16.9. The number of methoxy groups -OCH3 is 1. The Bertz CT molecular complexity index is 777. The summed E-state index contributed by atoms with van der Waals surface area (Å²) in [5.41, 5.74) is 7.06. The van der Waals surface area contributed by atoms with E-state index in [1.807, 2.05) is 36.4 Å². The summed E-state index contributed by atoms with van der Waals surface area (Å²) in [6.07, 6.45) is 8.25. The summed E-state index contributed by atoms with van der Waals surface area (Å²) in [6.45, 7) is 2.90. The van der Waals surface area contributed by atoms with Crippen LogP contribution in [0.15, 0.2) is 48.8 Å². The van der Waals surface area contributed by atoms with E-state index >= 15 is 0 Å².